The van der Waals surface area contributed by atoms with Gasteiger partial charge in [-0.2, -0.15) is 0 Å². The van der Waals surface area contributed by atoms with Crippen LogP contribution in [0.2, 0.25) is 0 Å². The number of rotatable bonds is 7. The highest BCUT2D eigenvalue weighted by atomic mass is 16.4. The molecule has 0 aliphatic rings. The highest BCUT2D eigenvalue weighted by Crippen LogP contribution is 2.12. The molecule has 1 aromatic carbocycles. The van der Waals surface area contributed by atoms with Crippen LogP contribution >= 0.6 is 0 Å². The maximum Gasteiger partial charge on any atom is 0.326 e. The highest BCUT2D eigenvalue weighted by Gasteiger charge is 2.18. The smallest absolute Gasteiger partial charge is 0.326 e. The van der Waals surface area contributed by atoms with Crippen molar-refractivity contribution in [2.75, 3.05) is 6.61 Å². The van der Waals surface area contributed by atoms with Crippen molar-refractivity contribution >= 4 is 22.9 Å². The first-order valence-electron chi connectivity index (χ1n) is 6.64. The second-order valence-corrected chi connectivity index (χ2v) is 4.65. The molecular weight excluding hydrogens is 274 g/mol. The van der Waals surface area contributed by atoms with Gasteiger partial charge in [-0.05, 0) is 12.1 Å². The number of carboxylic acid groups (broad SMARTS) is 1. The minimum Gasteiger partial charge on any atom is -0.480 e. The van der Waals surface area contributed by atoms with E-state index in [9.17, 15) is 9.59 Å². The predicted molar refractivity (Wildman–Crippen MR) is 75.6 cm³/mol. The first-order chi connectivity index (χ1) is 10.1. The SMILES string of the molecule is O=C(CCn1cnc2ccccc21)NC(CCO)C(=O)O. The molecule has 21 heavy (non-hydrogen) atoms. The van der Waals surface area contributed by atoms with E-state index in [4.69, 9.17) is 10.2 Å². The molecule has 1 atom stereocenters. The van der Waals surface area contributed by atoms with Gasteiger partial charge in [-0.25, -0.2) is 9.78 Å². The van der Waals surface area contributed by atoms with Crippen LogP contribution in [0.5, 0.6) is 0 Å². The molecular formula is C14H17N3O4. The van der Waals surface area contributed by atoms with Crippen LogP contribution in [-0.4, -0.2) is 44.3 Å². The van der Waals surface area contributed by atoms with Crippen molar-refractivity contribution in [1.82, 2.24) is 14.9 Å². The summed E-state index contributed by atoms with van der Waals surface area (Å²) in [5.74, 6) is -1.51. The van der Waals surface area contributed by atoms with Crippen molar-refractivity contribution in [2.24, 2.45) is 0 Å². The van der Waals surface area contributed by atoms with Crippen LogP contribution < -0.4 is 5.32 Å². The van der Waals surface area contributed by atoms with Gasteiger partial charge in [-0.1, -0.05) is 12.1 Å². The minimum absolute atomic E-state index is 0.00488. The van der Waals surface area contributed by atoms with E-state index in [-0.39, 0.29) is 25.4 Å². The molecule has 3 N–H and O–H groups in total. The fourth-order valence-corrected chi connectivity index (χ4v) is 2.06. The maximum atomic E-state index is 11.8. The van der Waals surface area contributed by atoms with Crippen molar-refractivity contribution in [3.63, 3.8) is 0 Å². The summed E-state index contributed by atoms with van der Waals surface area (Å²) in [5.41, 5.74) is 1.78. The Morgan fingerprint density at radius 2 is 2.10 bits per heavy atom. The summed E-state index contributed by atoms with van der Waals surface area (Å²) in [5, 5.41) is 20.1. The van der Waals surface area contributed by atoms with Crippen molar-refractivity contribution < 1.29 is 19.8 Å². The number of nitrogens with zero attached hydrogens (tertiary/aromatic N) is 2. The average molecular weight is 291 g/mol. The molecule has 112 valence electrons. The number of carbonyl (C=O) groups is 2. The molecule has 0 fully saturated rings. The lowest BCUT2D eigenvalue weighted by Gasteiger charge is -2.13. The summed E-state index contributed by atoms with van der Waals surface area (Å²) in [6, 6.07) is 6.52. The molecule has 1 unspecified atom stereocenters. The lowest BCUT2D eigenvalue weighted by Crippen LogP contribution is -2.41. The van der Waals surface area contributed by atoms with Crippen molar-refractivity contribution in [3.05, 3.63) is 30.6 Å². The van der Waals surface area contributed by atoms with E-state index in [0.29, 0.717) is 6.54 Å². The lowest BCUT2D eigenvalue weighted by molar-refractivity contribution is -0.142. The number of hydrogen-bond donors (Lipinski definition) is 3. The van der Waals surface area contributed by atoms with E-state index < -0.39 is 12.0 Å². The van der Waals surface area contributed by atoms with Crippen LogP contribution in [0.4, 0.5) is 0 Å². The number of hydrogen-bond acceptors (Lipinski definition) is 4. The lowest BCUT2D eigenvalue weighted by atomic mass is 10.2. The Kier molecular flexibility index (Phi) is 4.89. The van der Waals surface area contributed by atoms with Crippen LogP contribution in [0, 0.1) is 0 Å². The highest BCUT2D eigenvalue weighted by molar-refractivity contribution is 5.83. The van der Waals surface area contributed by atoms with Crippen molar-refractivity contribution in [1.29, 1.82) is 0 Å². The Morgan fingerprint density at radius 3 is 2.81 bits per heavy atom. The Morgan fingerprint density at radius 1 is 1.33 bits per heavy atom. The third-order valence-electron chi connectivity index (χ3n) is 3.16. The summed E-state index contributed by atoms with van der Waals surface area (Å²) in [7, 11) is 0. The minimum atomic E-state index is -1.15. The number of aryl methyl sites for hydroxylation is 1. The number of aliphatic carboxylic acids is 1. The van der Waals surface area contributed by atoms with Gasteiger partial charge in [0.25, 0.3) is 0 Å². The Bertz CT molecular complexity index is 638. The molecule has 0 spiro atoms. The fraction of sp³-hybridized carbons (Fsp3) is 0.357. The van der Waals surface area contributed by atoms with Crippen LogP contribution in [-0.2, 0) is 16.1 Å². The van der Waals surface area contributed by atoms with E-state index in [1.807, 2.05) is 28.8 Å². The van der Waals surface area contributed by atoms with Crippen LogP contribution in [0.25, 0.3) is 11.0 Å². The average Bonchev–Trinajstić information content (AvgIpc) is 2.88. The second kappa shape index (κ2) is 6.85. The number of nitrogens with one attached hydrogen (secondary N) is 1. The zero-order valence-corrected chi connectivity index (χ0v) is 11.4. The van der Waals surface area contributed by atoms with Crippen LogP contribution in [0.1, 0.15) is 12.8 Å². The van der Waals surface area contributed by atoms with Gasteiger partial charge in [-0.15, -0.1) is 0 Å². The molecule has 1 amide bonds. The van der Waals surface area contributed by atoms with Gasteiger partial charge in [0.1, 0.15) is 6.04 Å². The number of imidazole rings is 1. The Labute approximate surface area is 121 Å². The first-order valence-corrected chi connectivity index (χ1v) is 6.64. The van der Waals surface area contributed by atoms with Crippen LogP contribution in [0.15, 0.2) is 30.6 Å². The maximum absolute atomic E-state index is 11.8. The molecule has 7 nitrogen and oxygen atoms in total. The largest absolute Gasteiger partial charge is 0.480 e. The number of aliphatic hydroxyl groups excluding tert-OH is 1. The molecule has 0 saturated carbocycles. The number of fused-ring (bicyclic) bond motifs is 1. The number of carboxylic acids is 1. The standard InChI is InChI=1S/C14H17N3O4/c18-8-6-11(14(20)21)16-13(19)5-7-17-9-15-10-3-1-2-4-12(10)17/h1-4,9,11,18H,5-8H2,(H,16,19)(H,20,21). The summed E-state index contributed by atoms with van der Waals surface area (Å²) in [6.45, 7) is 0.126. The van der Waals surface area contributed by atoms with Gasteiger partial charge in [0.2, 0.25) is 5.91 Å². The van der Waals surface area contributed by atoms with Gasteiger partial charge in [0.15, 0.2) is 0 Å². The summed E-state index contributed by atoms with van der Waals surface area (Å²) < 4.78 is 1.84. The fourth-order valence-electron chi connectivity index (χ4n) is 2.06. The summed E-state index contributed by atoms with van der Waals surface area (Å²) in [4.78, 5) is 26.9. The zero-order chi connectivity index (χ0) is 15.2. The third-order valence-corrected chi connectivity index (χ3v) is 3.16. The van der Waals surface area contributed by atoms with Crippen molar-refractivity contribution in [2.45, 2.75) is 25.4 Å². The zero-order valence-electron chi connectivity index (χ0n) is 11.4. The second-order valence-electron chi connectivity index (χ2n) is 4.65. The molecule has 2 rings (SSSR count). The van der Waals surface area contributed by atoms with Crippen molar-refractivity contribution in [3.8, 4) is 0 Å². The normalized spacial score (nSPS) is 12.2. The van der Waals surface area contributed by atoms with E-state index >= 15 is 0 Å². The molecule has 1 aromatic heterocycles. The number of para-hydroxylation sites is 2. The molecule has 0 radical (unpaired) electrons. The molecule has 1 heterocycles. The predicted octanol–water partition coefficient (Wildman–Crippen LogP) is 0.378. The molecule has 7 heteroatoms. The first kappa shape index (κ1) is 15.0. The number of aromatic nitrogens is 2. The molecule has 0 aliphatic carbocycles. The van der Waals surface area contributed by atoms with Gasteiger partial charge >= 0.3 is 5.97 Å². The Balaban J connectivity index is 1.93. The number of amides is 1. The summed E-state index contributed by atoms with van der Waals surface area (Å²) in [6.07, 6.45) is 1.80. The molecule has 2 aromatic rings. The van der Waals surface area contributed by atoms with E-state index in [1.54, 1.807) is 6.33 Å². The summed E-state index contributed by atoms with van der Waals surface area (Å²) >= 11 is 0. The van der Waals surface area contributed by atoms with Crippen LogP contribution in [0.3, 0.4) is 0 Å². The van der Waals surface area contributed by atoms with Gasteiger partial charge in [0.05, 0.1) is 17.4 Å². The molecule has 0 saturated heterocycles. The van der Waals surface area contributed by atoms with Gasteiger partial charge in [0, 0.05) is 26.0 Å². The quantitative estimate of drug-likeness (QED) is 0.684. The monoisotopic (exact) mass is 291 g/mol. The molecule has 0 bridgehead atoms. The van der Waals surface area contributed by atoms with E-state index in [1.165, 1.54) is 0 Å². The number of carbonyl (C=O) groups excluding carboxylic acids is 1. The topological polar surface area (TPSA) is 104 Å². The Hall–Kier alpha value is -2.41. The van der Waals surface area contributed by atoms with E-state index in [2.05, 4.69) is 10.3 Å². The van der Waals surface area contributed by atoms with Gasteiger partial charge < -0.3 is 20.1 Å². The number of aliphatic hydroxyl groups is 1. The van der Waals surface area contributed by atoms with Gasteiger partial charge in [-0.3, -0.25) is 4.79 Å². The third kappa shape index (κ3) is 3.79. The number of benzene rings is 1. The van der Waals surface area contributed by atoms with E-state index in [0.717, 1.165) is 11.0 Å². The molecule has 0 aliphatic heterocycles.